The number of aliphatic hydroxyl groups is 1. The predicted octanol–water partition coefficient (Wildman–Crippen LogP) is 0.0358. The van der Waals surface area contributed by atoms with E-state index in [9.17, 15) is 9.59 Å². The van der Waals surface area contributed by atoms with Crippen LogP contribution in [0, 0.1) is 11.8 Å². The first kappa shape index (κ1) is 14.0. The van der Waals surface area contributed by atoms with Crippen LogP contribution in [0.3, 0.4) is 0 Å². The highest BCUT2D eigenvalue weighted by molar-refractivity contribution is 5.82. The van der Waals surface area contributed by atoms with Crippen LogP contribution in [0.25, 0.3) is 0 Å². The summed E-state index contributed by atoms with van der Waals surface area (Å²) < 4.78 is 0. The van der Waals surface area contributed by atoms with Crippen LogP contribution in [-0.2, 0) is 9.59 Å². The van der Waals surface area contributed by atoms with Gasteiger partial charge in [-0.05, 0) is 26.2 Å². The summed E-state index contributed by atoms with van der Waals surface area (Å²) in [4.78, 5) is 22.9. The quantitative estimate of drug-likeness (QED) is 0.615. The van der Waals surface area contributed by atoms with E-state index in [2.05, 4.69) is 10.6 Å². The number of aliphatic hydroxyl groups excluding tert-OH is 1. The van der Waals surface area contributed by atoms with Gasteiger partial charge in [0.05, 0.1) is 12.1 Å². The van der Waals surface area contributed by atoms with Gasteiger partial charge >= 0.3 is 0 Å². The molecule has 2 atom stereocenters. The molecular formula is C12H22N2O3. The van der Waals surface area contributed by atoms with E-state index < -0.39 is 5.54 Å². The molecule has 98 valence electrons. The largest absolute Gasteiger partial charge is 0.394 e. The average Bonchev–Trinajstić information content (AvgIpc) is 2.95. The van der Waals surface area contributed by atoms with Crippen molar-refractivity contribution in [2.24, 2.45) is 11.8 Å². The summed E-state index contributed by atoms with van der Waals surface area (Å²) in [6.07, 6.45) is 1.20. The van der Waals surface area contributed by atoms with Crippen molar-refractivity contribution in [1.29, 1.82) is 0 Å². The highest BCUT2D eigenvalue weighted by atomic mass is 16.3. The molecule has 0 radical (unpaired) electrons. The number of nitrogens with one attached hydrogen (secondary N) is 2. The minimum Gasteiger partial charge on any atom is -0.394 e. The number of carbonyl (C=O) groups excluding carboxylic acids is 2. The molecular weight excluding hydrogens is 220 g/mol. The van der Waals surface area contributed by atoms with Crippen LogP contribution in [0.4, 0.5) is 0 Å². The van der Waals surface area contributed by atoms with Crippen molar-refractivity contribution in [1.82, 2.24) is 10.6 Å². The molecule has 0 saturated heterocycles. The normalized spacial score (nSPS) is 23.1. The molecule has 0 aromatic heterocycles. The molecule has 5 nitrogen and oxygen atoms in total. The Kier molecular flexibility index (Phi) is 4.51. The smallest absolute Gasteiger partial charge is 0.223 e. The molecule has 1 rings (SSSR count). The molecule has 0 heterocycles. The number of carbonyl (C=O) groups is 2. The van der Waals surface area contributed by atoms with E-state index in [-0.39, 0.29) is 30.8 Å². The van der Waals surface area contributed by atoms with Crippen molar-refractivity contribution in [3.8, 4) is 0 Å². The Morgan fingerprint density at radius 1 is 1.41 bits per heavy atom. The molecule has 2 unspecified atom stereocenters. The van der Waals surface area contributed by atoms with Crippen LogP contribution in [0.15, 0.2) is 0 Å². The van der Waals surface area contributed by atoms with Gasteiger partial charge in [-0.25, -0.2) is 0 Å². The van der Waals surface area contributed by atoms with E-state index in [1.807, 2.05) is 6.92 Å². The van der Waals surface area contributed by atoms with E-state index in [0.29, 0.717) is 12.5 Å². The lowest BCUT2D eigenvalue weighted by Crippen LogP contribution is -2.47. The van der Waals surface area contributed by atoms with Crippen molar-refractivity contribution in [2.75, 3.05) is 13.2 Å². The third kappa shape index (κ3) is 4.73. The molecule has 0 aromatic rings. The van der Waals surface area contributed by atoms with Gasteiger partial charge in [-0.15, -0.1) is 0 Å². The number of hydrogen-bond acceptors (Lipinski definition) is 3. The molecule has 1 saturated carbocycles. The van der Waals surface area contributed by atoms with E-state index in [4.69, 9.17) is 5.11 Å². The third-order valence-electron chi connectivity index (χ3n) is 2.97. The summed E-state index contributed by atoms with van der Waals surface area (Å²) in [5.41, 5.74) is -0.605. The second-order valence-electron chi connectivity index (χ2n) is 5.45. The zero-order chi connectivity index (χ0) is 13.1. The van der Waals surface area contributed by atoms with Crippen molar-refractivity contribution in [3.63, 3.8) is 0 Å². The molecule has 0 aliphatic heterocycles. The van der Waals surface area contributed by atoms with Crippen LogP contribution < -0.4 is 10.6 Å². The molecule has 1 fully saturated rings. The van der Waals surface area contributed by atoms with Crippen molar-refractivity contribution in [3.05, 3.63) is 0 Å². The number of rotatable bonds is 6. The van der Waals surface area contributed by atoms with E-state index in [1.165, 1.54) is 0 Å². The number of amides is 2. The third-order valence-corrected chi connectivity index (χ3v) is 2.97. The molecule has 17 heavy (non-hydrogen) atoms. The first-order valence-corrected chi connectivity index (χ1v) is 6.05. The Morgan fingerprint density at radius 3 is 2.47 bits per heavy atom. The van der Waals surface area contributed by atoms with Gasteiger partial charge in [0.1, 0.15) is 0 Å². The van der Waals surface area contributed by atoms with Gasteiger partial charge in [0.25, 0.3) is 0 Å². The summed E-state index contributed by atoms with van der Waals surface area (Å²) >= 11 is 0. The van der Waals surface area contributed by atoms with Crippen LogP contribution in [0.2, 0.25) is 0 Å². The van der Waals surface area contributed by atoms with Crippen molar-refractivity contribution >= 4 is 11.8 Å². The van der Waals surface area contributed by atoms with Gasteiger partial charge in [0, 0.05) is 18.9 Å². The fraction of sp³-hybridized carbons (Fsp3) is 0.833. The number of hydrogen-bond donors (Lipinski definition) is 3. The predicted molar refractivity (Wildman–Crippen MR) is 64.2 cm³/mol. The minimum atomic E-state index is -0.605. The summed E-state index contributed by atoms with van der Waals surface area (Å²) in [5.74, 6) is 0.518. The molecule has 0 bridgehead atoms. The summed E-state index contributed by atoms with van der Waals surface area (Å²) in [5, 5.41) is 14.4. The Bertz CT molecular complexity index is 302. The highest BCUT2D eigenvalue weighted by Crippen LogP contribution is 2.37. The maximum Gasteiger partial charge on any atom is 0.223 e. The summed E-state index contributed by atoms with van der Waals surface area (Å²) in [6, 6.07) is 0. The monoisotopic (exact) mass is 242 g/mol. The zero-order valence-corrected chi connectivity index (χ0v) is 10.7. The molecule has 2 amide bonds. The average molecular weight is 242 g/mol. The van der Waals surface area contributed by atoms with Crippen LogP contribution >= 0.6 is 0 Å². The summed E-state index contributed by atoms with van der Waals surface area (Å²) in [6.45, 7) is 5.78. The molecule has 1 aliphatic rings. The molecule has 5 heteroatoms. The van der Waals surface area contributed by atoms with Crippen molar-refractivity contribution < 1.29 is 14.7 Å². The molecule has 0 aromatic carbocycles. The van der Waals surface area contributed by atoms with Gasteiger partial charge < -0.3 is 15.7 Å². The van der Waals surface area contributed by atoms with Crippen LogP contribution in [-0.4, -0.2) is 35.6 Å². The second-order valence-corrected chi connectivity index (χ2v) is 5.45. The Morgan fingerprint density at radius 2 is 2.00 bits per heavy atom. The van der Waals surface area contributed by atoms with Gasteiger partial charge in [-0.3, -0.25) is 9.59 Å². The lowest BCUT2D eigenvalue weighted by atomic mass is 10.1. The Labute approximate surface area is 102 Å². The standard InChI is InChI=1S/C12H22N2O3/c1-8-6-9(8)11(17)13-5-4-10(16)14-12(2,3)7-15/h8-9,15H,4-7H2,1-3H3,(H,13,17)(H,14,16). The maximum absolute atomic E-state index is 11.5. The molecule has 3 N–H and O–H groups in total. The zero-order valence-electron chi connectivity index (χ0n) is 10.7. The van der Waals surface area contributed by atoms with Gasteiger partial charge in [-0.1, -0.05) is 6.92 Å². The van der Waals surface area contributed by atoms with Crippen LogP contribution in [0.5, 0.6) is 0 Å². The summed E-state index contributed by atoms with van der Waals surface area (Å²) in [7, 11) is 0. The lowest BCUT2D eigenvalue weighted by Gasteiger charge is -2.23. The Hall–Kier alpha value is -1.10. The maximum atomic E-state index is 11.5. The fourth-order valence-corrected chi connectivity index (χ4v) is 1.60. The first-order valence-electron chi connectivity index (χ1n) is 6.05. The van der Waals surface area contributed by atoms with Crippen LogP contribution in [0.1, 0.15) is 33.6 Å². The van der Waals surface area contributed by atoms with Gasteiger partial charge in [0.2, 0.25) is 11.8 Å². The Balaban J connectivity index is 2.14. The fourth-order valence-electron chi connectivity index (χ4n) is 1.60. The molecule has 1 aliphatic carbocycles. The second kappa shape index (κ2) is 5.49. The van der Waals surface area contributed by atoms with E-state index in [0.717, 1.165) is 6.42 Å². The van der Waals surface area contributed by atoms with Crippen molar-refractivity contribution in [2.45, 2.75) is 39.2 Å². The lowest BCUT2D eigenvalue weighted by molar-refractivity contribution is -0.124. The van der Waals surface area contributed by atoms with E-state index >= 15 is 0 Å². The van der Waals surface area contributed by atoms with Gasteiger partial charge in [0.15, 0.2) is 0 Å². The van der Waals surface area contributed by atoms with Gasteiger partial charge in [-0.2, -0.15) is 0 Å². The SMILES string of the molecule is CC1CC1C(=O)NCCC(=O)NC(C)(C)CO. The topological polar surface area (TPSA) is 78.4 Å². The first-order chi connectivity index (χ1) is 7.85. The van der Waals surface area contributed by atoms with E-state index in [1.54, 1.807) is 13.8 Å². The minimum absolute atomic E-state index is 0.0479. The molecule has 0 spiro atoms. The highest BCUT2D eigenvalue weighted by Gasteiger charge is 2.38.